The van der Waals surface area contributed by atoms with E-state index >= 15 is 0 Å². The summed E-state index contributed by atoms with van der Waals surface area (Å²) in [5.74, 6) is 13.2. The Hall–Kier alpha value is -4.97. The molecule has 0 bridgehead atoms. The fourth-order valence-corrected chi connectivity index (χ4v) is 7.65. The van der Waals surface area contributed by atoms with Crippen LogP contribution in [0.2, 0.25) is 0 Å². The van der Waals surface area contributed by atoms with Gasteiger partial charge in [0.05, 0.1) is 0 Å². The van der Waals surface area contributed by atoms with E-state index in [-0.39, 0.29) is 29.6 Å². The van der Waals surface area contributed by atoms with Gasteiger partial charge in [0.25, 0.3) is 11.8 Å². The molecule has 2 aliphatic heterocycles. The molecule has 0 radical (unpaired) electrons. The maximum atomic E-state index is 12.3. The van der Waals surface area contributed by atoms with Gasteiger partial charge in [-0.2, -0.15) is 0 Å². The summed E-state index contributed by atoms with van der Waals surface area (Å²) in [6.45, 7) is 3.26. The Balaban J connectivity index is 0.000000159. The number of nitrogens with two attached hydrogens (primary N) is 2. The van der Waals surface area contributed by atoms with Crippen molar-refractivity contribution < 1.29 is 14.4 Å². The monoisotopic (exact) mass is 730 g/mol. The minimum Gasteiger partial charge on any atom is -0.346 e. The maximum Gasteiger partial charge on any atom is 0.298 e. The number of Topliss-reactive ketones (excluding diaryl/α,β-unsaturated/α-hetero) is 1. The van der Waals surface area contributed by atoms with Gasteiger partial charge in [0.1, 0.15) is 17.1 Å². The van der Waals surface area contributed by atoms with Crippen LogP contribution in [0.25, 0.3) is 22.1 Å². The normalized spacial score (nSPS) is 17.7. The Bertz CT molecular complexity index is 1990. The number of ketones is 1. The Labute approximate surface area is 318 Å². The zero-order valence-electron chi connectivity index (χ0n) is 31.3. The first-order valence-corrected chi connectivity index (χ1v) is 19.8. The molecule has 0 spiro atoms. The molecule has 0 aromatic carbocycles. The molecule has 6 heterocycles. The van der Waals surface area contributed by atoms with Crippen molar-refractivity contribution in [2.24, 2.45) is 29.2 Å². The minimum atomic E-state index is -0.0686. The lowest BCUT2D eigenvalue weighted by Crippen LogP contribution is -2.57. The van der Waals surface area contributed by atoms with Crippen molar-refractivity contribution in [3.8, 4) is 23.7 Å². The van der Waals surface area contributed by atoms with Gasteiger partial charge in [-0.05, 0) is 79.3 Å². The van der Waals surface area contributed by atoms with Crippen LogP contribution < -0.4 is 11.5 Å². The van der Waals surface area contributed by atoms with Gasteiger partial charge in [0.15, 0.2) is 0 Å². The van der Waals surface area contributed by atoms with Crippen molar-refractivity contribution >= 4 is 39.7 Å². The van der Waals surface area contributed by atoms with Crippen molar-refractivity contribution in [3.63, 3.8) is 0 Å². The summed E-state index contributed by atoms with van der Waals surface area (Å²) >= 11 is 0. The number of amides is 2. The molecule has 4 aliphatic rings. The molecular weight excluding hydrogens is 677 g/mol. The van der Waals surface area contributed by atoms with Gasteiger partial charge in [-0.25, -0.2) is 9.97 Å². The number of hydrogen-bond acceptors (Lipinski definition) is 7. The summed E-state index contributed by atoms with van der Waals surface area (Å²) in [5.41, 5.74) is 15.2. The highest BCUT2D eigenvalue weighted by Gasteiger charge is 2.31. The number of aryl methyl sites for hydroxylation is 1. The molecule has 2 aliphatic carbocycles. The highest BCUT2D eigenvalue weighted by Crippen LogP contribution is 2.25. The number of hydrogen-bond donors (Lipinski definition) is 4. The number of fused-ring (bicyclic) bond motifs is 2. The standard InChI is InChI=1S/C23H27N3O2.C12H18N2O.C8H9N3/c27-20(8-7-19-10-12-24-23-21(19)11-13-25-23)14-18-15-26(16-18)22(28)9-6-17-4-2-1-3-5-17;13-11-8-14(9-11)12(15)7-6-10-4-2-1-3-5-10;9-5-6-1-3-10-8-7(6)2-4-11-8/h10-13,17-18H,1-5,7-8,14-16H2,(H,24,25);10-11H,1-5,8-9,13H2;1-4H,5,9H2,(H,10,11). The molecule has 6 N–H and O–H groups in total. The third kappa shape index (κ3) is 10.8. The number of rotatable bonds is 6. The third-order valence-electron chi connectivity index (χ3n) is 10.9. The van der Waals surface area contributed by atoms with Gasteiger partial charge in [-0.3, -0.25) is 14.4 Å². The first-order chi connectivity index (χ1) is 26.4. The number of pyridine rings is 2. The first kappa shape index (κ1) is 38.7. The molecule has 0 atom stereocenters. The third-order valence-corrected chi connectivity index (χ3v) is 10.9. The lowest BCUT2D eigenvalue weighted by molar-refractivity contribution is -0.133. The zero-order chi connectivity index (χ0) is 37.7. The molecule has 0 unspecified atom stereocenters. The largest absolute Gasteiger partial charge is 0.346 e. The van der Waals surface area contributed by atoms with Crippen LogP contribution in [0.5, 0.6) is 0 Å². The Morgan fingerprint density at radius 1 is 0.704 bits per heavy atom. The van der Waals surface area contributed by atoms with Gasteiger partial charge in [-0.1, -0.05) is 50.4 Å². The predicted molar refractivity (Wildman–Crippen MR) is 211 cm³/mol. The van der Waals surface area contributed by atoms with Gasteiger partial charge < -0.3 is 31.2 Å². The summed E-state index contributed by atoms with van der Waals surface area (Å²) in [7, 11) is 0. The molecule has 2 amide bonds. The second-order valence-electron chi connectivity index (χ2n) is 15.1. The van der Waals surface area contributed by atoms with Gasteiger partial charge in [0, 0.05) is 105 Å². The summed E-state index contributed by atoms with van der Waals surface area (Å²) in [6, 6.07) is 8.09. The average Bonchev–Trinajstić information content (AvgIpc) is 3.87. The fourth-order valence-electron chi connectivity index (χ4n) is 7.65. The lowest BCUT2D eigenvalue weighted by Gasteiger charge is -2.37. The highest BCUT2D eigenvalue weighted by molar-refractivity contribution is 5.94. The fraction of sp³-hybridized carbons (Fsp3) is 0.512. The lowest BCUT2D eigenvalue weighted by atomic mass is 9.89. The molecule has 2 saturated heterocycles. The highest BCUT2D eigenvalue weighted by atomic mass is 16.2. The van der Waals surface area contributed by atoms with E-state index in [1.54, 1.807) is 22.2 Å². The van der Waals surface area contributed by atoms with E-state index < -0.39 is 0 Å². The SMILES string of the molecule is NC1CN(C(=O)C#CC2CCCCC2)C1.NCc1ccnc2[nH]ccc12.O=C(CCc1ccnc2[nH]ccc12)CC1CN(C(=O)C#CC2CCCCC2)C1. The molecule has 11 heteroatoms. The van der Waals surface area contributed by atoms with Crippen LogP contribution in [0.4, 0.5) is 0 Å². The molecule has 4 aromatic rings. The maximum absolute atomic E-state index is 12.3. The number of carbonyl (C=O) groups excluding carboxylic acids is 3. The van der Waals surface area contributed by atoms with Crippen LogP contribution in [0, 0.1) is 41.4 Å². The molecule has 54 heavy (non-hydrogen) atoms. The van der Waals surface area contributed by atoms with Crippen LogP contribution in [0.3, 0.4) is 0 Å². The summed E-state index contributed by atoms with van der Waals surface area (Å²) in [5, 5.41) is 2.21. The molecular formula is C43H54N8O3. The second kappa shape index (κ2) is 19.4. The minimum absolute atomic E-state index is 0.0396. The number of nitrogens with zero attached hydrogens (tertiary/aromatic N) is 4. The van der Waals surface area contributed by atoms with Crippen LogP contribution in [0.1, 0.15) is 88.2 Å². The topological polar surface area (TPSA) is 167 Å². The predicted octanol–water partition coefficient (Wildman–Crippen LogP) is 5.26. The van der Waals surface area contributed by atoms with E-state index in [9.17, 15) is 14.4 Å². The van der Waals surface area contributed by atoms with Crippen molar-refractivity contribution in [2.45, 2.75) is 96.1 Å². The number of aromatic nitrogens is 4. The van der Waals surface area contributed by atoms with Gasteiger partial charge >= 0.3 is 0 Å². The molecule has 4 fully saturated rings. The van der Waals surface area contributed by atoms with E-state index in [1.165, 1.54) is 51.4 Å². The number of nitrogens with one attached hydrogen (secondary N) is 2. The van der Waals surface area contributed by atoms with Crippen LogP contribution in [-0.4, -0.2) is 79.6 Å². The van der Waals surface area contributed by atoms with E-state index in [1.807, 2.05) is 36.7 Å². The van der Waals surface area contributed by atoms with Crippen molar-refractivity contribution in [2.75, 3.05) is 26.2 Å². The summed E-state index contributed by atoms with van der Waals surface area (Å²) in [6.07, 6.45) is 21.3. The van der Waals surface area contributed by atoms with Crippen molar-refractivity contribution in [1.82, 2.24) is 29.7 Å². The number of H-pyrrole nitrogens is 2. The van der Waals surface area contributed by atoms with Gasteiger partial charge in [0.2, 0.25) is 0 Å². The zero-order valence-corrected chi connectivity index (χ0v) is 31.3. The quantitative estimate of drug-likeness (QED) is 0.197. The molecule has 4 aromatic heterocycles. The smallest absolute Gasteiger partial charge is 0.298 e. The molecule has 2 saturated carbocycles. The van der Waals surface area contributed by atoms with Crippen LogP contribution in [0.15, 0.2) is 49.1 Å². The Kier molecular flexibility index (Phi) is 13.9. The summed E-state index contributed by atoms with van der Waals surface area (Å²) in [4.78, 5) is 54.1. The van der Waals surface area contributed by atoms with Crippen LogP contribution in [-0.2, 0) is 27.3 Å². The number of aromatic amines is 2. The molecule has 284 valence electrons. The van der Waals surface area contributed by atoms with E-state index in [0.29, 0.717) is 57.4 Å². The van der Waals surface area contributed by atoms with E-state index in [4.69, 9.17) is 11.5 Å². The van der Waals surface area contributed by atoms with Gasteiger partial charge in [-0.15, -0.1) is 0 Å². The Morgan fingerprint density at radius 3 is 1.72 bits per heavy atom. The van der Waals surface area contributed by atoms with Crippen molar-refractivity contribution in [1.29, 1.82) is 0 Å². The van der Waals surface area contributed by atoms with Crippen LogP contribution >= 0.6 is 0 Å². The second-order valence-corrected chi connectivity index (χ2v) is 15.1. The first-order valence-electron chi connectivity index (χ1n) is 19.8. The average molecular weight is 731 g/mol. The Morgan fingerprint density at radius 2 is 1.20 bits per heavy atom. The number of likely N-dealkylation sites (tertiary alicyclic amines) is 2. The number of carbonyl (C=O) groups is 3. The summed E-state index contributed by atoms with van der Waals surface area (Å²) < 4.78 is 0. The van der Waals surface area contributed by atoms with E-state index in [2.05, 4.69) is 43.6 Å². The molecule has 11 nitrogen and oxygen atoms in total. The molecule has 8 rings (SSSR count). The van der Waals surface area contributed by atoms with E-state index in [0.717, 1.165) is 52.5 Å². The van der Waals surface area contributed by atoms with Crippen molar-refractivity contribution in [3.05, 3.63) is 60.2 Å².